The Labute approximate surface area is 162 Å². The number of aromatic nitrogens is 3. The van der Waals surface area contributed by atoms with E-state index >= 15 is 0 Å². The lowest BCUT2D eigenvalue weighted by molar-refractivity contribution is 0.445. The van der Waals surface area contributed by atoms with Crippen LogP contribution in [-0.2, 0) is 11.8 Å². The van der Waals surface area contributed by atoms with Crippen LogP contribution in [0.2, 0.25) is 0 Å². The predicted molar refractivity (Wildman–Crippen MR) is 107 cm³/mol. The average molecular weight is 385 g/mol. The average Bonchev–Trinajstić information content (AvgIpc) is 2.96. The molecule has 3 aromatic rings. The minimum Gasteiger partial charge on any atom is -0.508 e. The summed E-state index contributed by atoms with van der Waals surface area (Å²) in [5.41, 5.74) is 2.39. The smallest absolute Gasteiger partial charge is 0.200 e. The standard InChI is InChI=1S/C20H23N3O3S/c1-5-11-8-13(17(26)10-16(11)25)18-21-22-19(27)23(18)12-6-7-15(24)14(9-12)20(2,3)4/h6-10,24-26H,5H2,1-4H3,(H,22,27). The van der Waals surface area contributed by atoms with Crippen molar-refractivity contribution < 1.29 is 15.3 Å². The number of hydrogen-bond donors (Lipinski definition) is 4. The van der Waals surface area contributed by atoms with Gasteiger partial charge in [-0.2, -0.15) is 5.10 Å². The summed E-state index contributed by atoms with van der Waals surface area (Å²) in [6.45, 7) is 7.96. The summed E-state index contributed by atoms with van der Waals surface area (Å²) in [4.78, 5) is 0. The lowest BCUT2D eigenvalue weighted by Gasteiger charge is -2.21. The van der Waals surface area contributed by atoms with E-state index in [9.17, 15) is 15.3 Å². The molecule has 0 aliphatic heterocycles. The van der Waals surface area contributed by atoms with Crippen molar-refractivity contribution in [3.8, 4) is 34.3 Å². The molecular weight excluding hydrogens is 362 g/mol. The fraction of sp³-hybridized carbons (Fsp3) is 0.300. The normalized spacial score (nSPS) is 11.7. The molecule has 0 aliphatic rings. The molecule has 0 bridgehead atoms. The Morgan fingerprint density at radius 1 is 1.04 bits per heavy atom. The van der Waals surface area contributed by atoms with E-state index in [0.717, 1.165) is 11.3 Å². The first kappa shape index (κ1) is 19.0. The molecule has 142 valence electrons. The maximum atomic E-state index is 10.4. The van der Waals surface area contributed by atoms with Crippen LogP contribution in [0.1, 0.15) is 38.8 Å². The van der Waals surface area contributed by atoms with Crippen molar-refractivity contribution in [1.82, 2.24) is 14.8 Å². The molecule has 0 aliphatic carbocycles. The Morgan fingerprint density at radius 2 is 1.74 bits per heavy atom. The second-order valence-corrected chi connectivity index (χ2v) is 7.88. The van der Waals surface area contributed by atoms with Gasteiger partial charge in [-0.05, 0) is 53.9 Å². The van der Waals surface area contributed by atoms with Gasteiger partial charge in [0.05, 0.1) is 11.3 Å². The van der Waals surface area contributed by atoms with Gasteiger partial charge in [0.2, 0.25) is 0 Å². The summed E-state index contributed by atoms with van der Waals surface area (Å²) >= 11 is 5.41. The number of phenols is 3. The second kappa shape index (κ2) is 6.74. The van der Waals surface area contributed by atoms with E-state index in [0.29, 0.717) is 28.1 Å². The zero-order valence-corrected chi connectivity index (χ0v) is 16.6. The lowest BCUT2D eigenvalue weighted by atomic mass is 9.86. The molecule has 0 saturated heterocycles. The molecule has 4 N–H and O–H groups in total. The van der Waals surface area contributed by atoms with Gasteiger partial charge in [-0.25, -0.2) is 0 Å². The third-order valence-electron chi connectivity index (χ3n) is 4.54. The van der Waals surface area contributed by atoms with Crippen LogP contribution in [0.25, 0.3) is 17.1 Å². The van der Waals surface area contributed by atoms with Crippen molar-refractivity contribution in [3.63, 3.8) is 0 Å². The van der Waals surface area contributed by atoms with E-state index in [4.69, 9.17) is 12.2 Å². The highest BCUT2D eigenvalue weighted by molar-refractivity contribution is 7.71. The largest absolute Gasteiger partial charge is 0.508 e. The Hall–Kier alpha value is -2.80. The highest BCUT2D eigenvalue weighted by Crippen LogP contribution is 2.37. The van der Waals surface area contributed by atoms with Gasteiger partial charge in [-0.3, -0.25) is 9.67 Å². The van der Waals surface area contributed by atoms with E-state index in [1.165, 1.54) is 6.07 Å². The molecule has 0 unspecified atom stereocenters. The van der Waals surface area contributed by atoms with Crippen LogP contribution in [0, 0.1) is 4.77 Å². The first-order chi connectivity index (χ1) is 12.6. The summed E-state index contributed by atoms with van der Waals surface area (Å²) in [5, 5.41) is 37.6. The van der Waals surface area contributed by atoms with E-state index in [-0.39, 0.29) is 22.7 Å². The van der Waals surface area contributed by atoms with Gasteiger partial charge in [0.1, 0.15) is 17.2 Å². The van der Waals surface area contributed by atoms with Gasteiger partial charge >= 0.3 is 0 Å². The van der Waals surface area contributed by atoms with Crippen LogP contribution in [0.4, 0.5) is 0 Å². The number of nitrogens with zero attached hydrogens (tertiary/aromatic N) is 2. The van der Waals surface area contributed by atoms with E-state index < -0.39 is 0 Å². The zero-order chi connectivity index (χ0) is 19.9. The number of nitrogens with one attached hydrogen (secondary N) is 1. The van der Waals surface area contributed by atoms with Gasteiger partial charge in [-0.1, -0.05) is 27.7 Å². The number of phenolic OH excluding ortho intramolecular Hbond substituents is 3. The highest BCUT2D eigenvalue weighted by Gasteiger charge is 2.21. The molecule has 0 spiro atoms. The summed E-state index contributed by atoms with van der Waals surface area (Å²) in [6, 6.07) is 8.26. The predicted octanol–water partition coefficient (Wildman–Crippen LogP) is 4.57. The molecule has 1 heterocycles. The van der Waals surface area contributed by atoms with Crippen LogP contribution in [-0.4, -0.2) is 30.1 Å². The van der Waals surface area contributed by atoms with Crippen LogP contribution in [0.3, 0.4) is 0 Å². The first-order valence-electron chi connectivity index (χ1n) is 8.70. The zero-order valence-electron chi connectivity index (χ0n) is 15.7. The summed E-state index contributed by atoms with van der Waals surface area (Å²) in [5.74, 6) is 0.593. The summed E-state index contributed by atoms with van der Waals surface area (Å²) in [7, 11) is 0. The van der Waals surface area contributed by atoms with E-state index in [1.807, 2.05) is 33.8 Å². The van der Waals surface area contributed by atoms with Crippen LogP contribution >= 0.6 is 12.2 Å². The Bertz CT molecular complexity index is 1060. The molecule has 0 saturated carbocycles. The van der Waals surface area contributed by atoms with Crippen molar-refractivity contribution in [2.45, 2.75) is 39.5 Å². The topological polar surface area (TPSA) is 94.3 Å². The van der Waals surface area contributed by atoms with Crippen molar-refractivity contribution in [1.29, 1.82) is 0 Å². The summed E-state index contributed by atoms with van der Waals surface area (Å²) in [6.07, 6.45) is 0.609. The number of aromatic hydroxyl groups is 3. The maximum Gasteiger partial charge on any atom is 0.200 e. The highest BCUT2D eigenvalue weighted by atomic mass is 32.1. The molecule has 27 heavy (non-hydrogen) atoms. The van der Waals surface area contributed by atoms with Gasteiger partial charge in [0, 0.05) is 11.6 Å². The van der Waals surface area contributed by atoms with Gasteiger partial charge in [0.15, 0.2) is 10.6 Å². The third-order valence-corrected chi connectivity index (χ3v) is 4.81. The molecule has 0 fully saturated rings. The van der Waals surface area contributed by atoms with Crippen molar-refractivity contribution in [2.75, 3.05) is 0 Å². The van der Waals surface area contributed by atoms with Crippen LogP contribution < -0.4 is 0 Å². The summed E-state index contributed by atoms with van der Waals surface area (Å²) < 4.78 is 2.07. The first-order valence-corrected chi connectivity index (χ1v) is 9.10. The van der Waals surface area contributed by atoms with Crippen LogP contribution in [0.15, 0.2) is 30.3 Å². The van der Waals surface area contributed by atoms with Crippen molar-refractivity contribution in [2.24, 2.45) is 0 Å². The Morgan fingerprint density at radius 3 is 2.37 bits per heavy atom. The molecule has 2 aromatic carbocycles. The Kier molecular flexibility index (Phi) is 4.73. The molecule has 7 heteroatoms. The second-order valence-electron chi connectivity index (χ2n) is 7.49. The maximum absolute atomic E-state index is 10.4. The SMILES string of the molecule is CCc1cc(-c2n[nH]c(=S)n2-c2ccc(O)c(C(C)(C)C)c2)c(O)cc1O. The lowest BCUT2D eigenvalue weighted by Crippen LogP contribution is -2.12. The fourth-order valence-corrected chi connectivity index (χ4v) is 3.30. The number of aryl methyl sites for hydroxylation is 1. The number of benzene rings is 2. The van der Waals surface area contributed by atoms with Crippen molar-refractivity contribution >= 4 is 12.2 Å². The number of hydrogen-bond acceptors (Lipinski definition) is 5. The molecule has 0 atom stereocenters. The van der Waals surface area contributed by atoms with Gasteiger partial charge < -0.3 is 15.3 Å². The monoisotopic (exact) mass is 385 g/mol. The fourth-order valence-electron chi connectivity index (χ4n) is 3.07. The van der Waals surface area contributed by atoms with Crippen molar-refractivity contribution in [3.05, 3.63) is 46.2 Å². The minimum atomic E-state index is -0.262. The molecule has 0 amide bonds. The molecule has 3 rings (SSSR count). The molecule has 1 aromatic heterocycles. The number of rotatable bonds is 3. The number of H-pyrrole nitrogens is 1. The molecular formula is C20H23N3O3S. The van der Waals surface area contributed by atoms with E-state index in [1.54, 1.807) is 22.8 Å². The number of aromatic amines is 1. The van der Waals surface area contributed by atoms with E-state index in [2.05, 4.69) is 10.2 Å². The van der Waals surface area contributed by atoms with Gasteiger partial charge in [0.25, 0.3) is 0 Å². The minimum absolute atomic E-state index is 0.0408. The molecule has 6 nitrogen and oxygen atoms in total. The van der Waals surface area contributed by atoms with Gasteiger partial charge in [-0.15, -0.1) is 0 Å². The quantitative estimate of drug-likeness (QED) is 0.495. The molecule has 0 radical (unpaired) electrons. The third kappa shape index (κ3) is 3.42. The van der Waals surface area contributed by atoms with Crippen LogP contribution in [0.5, 0.6) is 17.2 Å². The Balaban J connectivity index is 2.25.